The second-order valence-corrected chi connectivity index (χ2v) is 5.75. The molecule has 1 aromatic rings. The van der Waals surface area contributed by atoms with Gasteiger partial charge in [-0.3, -0.25) is 4.79 Å². The fourth-order valence-corrected chi connectivity index (χ4v) is 2.76. The summed E-state index contributed by atoms with van der Waals surface area (Å²) in [5, 5.41) is 3.64. The van der Waals surface area contributed by atoms with Gasteiger partial charge in [0.25, 0.3) is 0 Å². The Bertz CT molecular complexity index is 473. The van der Waals surface area contributed by atoms with Gasteiger partial charge < -0.3 is 15.8 Å². The van der Waals surface area contributed by atoms with E-state index >= 15 is 0 Å². The maximum atomic E-state index is 12.7. The Hall–Kier alpha value is -1.10. The summed E-state index contributed by atoms with van der Waals surface area (Å²) < 4.78 is 5.42. The van der Waals surface area contributed by atoms with E-state index in [9.17, 15) is 4.79 Å². The number of ether oxygens (including phenoxy) is 1. The Kier molecular flexibility index (Phi) is 5.02. The van der Waals surface area contributed by atoms with Gasteiger partial charge in [0.1, 0.15) is 0 Å². The molecule has 1 atom stereocenters. The molecule has 1 saturated heterocycles. The minimum atomic E-state index is -0.563. The van der Waals surface area contributed by atoms with Crippen molar-refractivity contribution in [2.45, 2.75) is 31.2 Å². The van der Waals surface area contributed by atoms with E-state index in [2.05, 4.69) is 5.32 Å². The first-order valence-corrected chi connectivity index (χ1v) is 7.31. The molecular weight excluding hydrogens is 276 g/mol. The van der Waals surface area contributed by atoms with E-state index in [1.54, 1.807) is 0 Å². The molecule has 1 aliphatic rings. The van der Waals surface area contributed by atoms with Crippen molar-refractivity contribution in [3.8, 4) is 0 Å². The zero-order valence-electron chi connectivity index (χ0n) is 11.7. The number of nitrogens with two attached hydrogens (primary N) is 1. The number of carbonyl (C=O) groups excluding carboxylic acids is 1. The smallest absolute Gasteiger partial charge is 0.231 e. The number of amides is 1. The van der Waals surface area contributed by atoms with Crippen molar-refractivity contribution in [2.75, 3.05) is 19.8 Å². The predicted octanol–water partition coefficient (Wildman–Crippen LogP) is 1.85. The quantitative estimate of drug-likeness (QED) is 0.891. The molecule has 0 aromatic heterocycles. The lowest BCUT2D eigenvalue weighted by Crippen LogP contribution is -2.51. The van der Waals surface area contributed by atoms with Crippen LogP contribution in [0.4, 0.5) is 0 Å². The largest absolute Gasteiger partial charge is 0.381 e. The molecule has 1 aliphatic heterocycles. The highest BCUT2D eigenvalue weighted by atomic mass is 35.5. The Balaban J connectivity index is 2.32. The maximum absolute atomic E-state index is 12.7. The Morgan fingerprint density at radius 3 is 2.80 bits per heavy atom. The van der Waals surface area contributed by atoms with Gasteiger partial charge in [0.15, 0.2) is 0 Å². The van der Waals surface area contributed by atoms with Crippen molar-refractivity contribution in [2.24, 2.45) is 5.73 Å². The van der Waals surface area contributed by atoms with Crippen LogP contribution in [0.15, 0.2) is 24.3 Å². The molecule has 2 rings (SSSR count). The third-order valence-corrected chi connectivity index (χ3v) is 4.12. The molecule has 0 saturated carbocycles. The first-order valence-electron chi connectivity index (χ1n) is 6.93. The van der Waals surface area contributed by atoms with Crippen LogP contribution in [-0.2, 0) is 14.9 Å². The zero-order chi connectivity index (χ0) is 14.6. The fraction of sp³-hybridized carbons (Fsp3) is 0.533. The summed E-state index contributed by atoms with van der Waals surface area (Å²) in [6, 6.07) is 7.50. The molecule has 0 bridgehead atoms. The number of hydrogen-bond acceptors (Lipinski definition) is 3. The molecule has 5 heteroatoms. The second kappa shape index (κ2) is 6.57. The van der Waals surface area contributed by atoms with E-state index in [-0.39, 0.29) is 11.9 Å². The molecule has 1 aromatic carbocycles. The highest BCUT2D eigenvalue weighted by Gasteiger charge is 2.42. The molecule has 0 aliphatic carbocycles. The summed E-state index contributed by atoms with van der Waals surface area (Å²) >= 11 is 6.08. The Morgan fingerprint density at radius 2 is 2.20 bits per heavy atom. The van der Waals surface area contributed by atoms with Crippen LogP contribution in [0.1, 0.15) is 25.3 Å². The number of nitrogens with one attached hydrogen (secondary N) is 1. The van der Waals surface area contributed by atoms with E-state index in [1.165, 1.54) is 0 Å². The van der Waals surface area contributed by atoms with Crippen molar-refractivity contribution in [1.82, 2.24) is 5.32 Å². The number of benzene rings is 1. The van der Waals surface area contributed by atoms with Gasteiger partial charge >= 0.3 is 0 Å². The van der Waals surface area contributed by atoms with Crippen molar-refractivity contribution >= 4 is 17.5 Å². The number of rotatable bonds is 4. The van der Waals surface area contributed by atoms with Crippen LogP contribution in [0.25, 0.3) is 0 Å². The lowest BCUT2D eigenvalue weighted by Gasteiger charge is -2.37. The van der Waals surface area contributed by atoms with Crippen molar-refractivity contribution < 1.29 is 9.53 Å². The van der Waals surface area contributed by atoms with Crippen LogP contribution < -0.4 is 11.1 Å². The third-order valence-electron chi connectivity index (χ3n) is 3.89. The zero-order valence-corrected chi connectivity index (χ0v) is 12.5. The molecule has 110 valence electrons. The fourth-order valence-electron chi connectivity index (χ4n) is 2.57. The SMILES string of the molecule is C[C@@H](CN)NC(=O)C1(c2cccc(Cl)c2)CCOCC1. The van der Waals surface area contributed by atoms with Crippen LogP contribution in [0.5, 0.6) is 0 Å². The van der Waals surface area contributed by atoms with Crippen molar-refractivity contribution in [3.63, 3.8) is 0 Å². The first kappa shape index (κ1) is 15.3. The van der Waals surface area contributed by atoms with Gasteiger partial charge in [0, 0.05) is 30.8 Å². The average molecular weight is 297 g/mol. The highest BCUT2D eigenvalue weighted by Crippen LogP contribution is 2.36. The predicted molar refractivity (Wildman–Crippen MR) is 79.8 cm³/mol. The molecule has 0 radical (unpaired) electrons. The summed E-state index contributed by atoms with van der Waals surface area (Å²) in [5.41, 5.74) is 5.99. The summed E-state index contributed by atoms with van der Waals surface area (Å²) in [5.74, 6) is 0.0148. The molecule has 1 heterocycles. The lowest BCUT2D eigenvalue weighted by atomic mass is 9.73. The minimum absolute atomic E-state index is 0.0148. The molecule has 20 heavy (non-hydrogen) atoms. The van der Waals surface area contributed by atoms with Crippen LogP contribution in [0, 0.1) is 0 Å². The standard InChI is InChI=1S/C15H21ClN2O2/c1-11(10-17)18-14(19)15(5-7-20-8-6-15)12-3-2-4-13(16)9-12/h2-4,9,11H,5-8,10,17H2,1H3,(H,18,19)/t11-/m0/s1. The summed E-state index contributed by atoms with van der Waals surface area (Å²) in [4.78, 5) is 12.7. The van der Waals surface area contributed by atoms with Crippen LogP contribution in [-0.4, -0.2) is 31.7 Å². The van der Waals surface area contributed by atoms with Gasteiger partial charge in [-0.05, 0) is 37.5 Å². The van der Waals surface area contributed by atoms with Crippen LogP contribution >= 0.6 is 11.6 Å². The van der Waals surface area contributed by atoms with E-state index in [1.807, 2.05) is 31.2 Å². The van der Waals surface area contributed by atoms with E-state index in [0.29, 0.717) is 37.6 Å². The van der Waals surface area contributed by atoms with Gasteiger partial charge in [-0.1, -0.05) is 23.7 Å². The minimum Gasteiger partial charge on any atom is -0.381 e. The van der Waals surface area contributed by atoms with E-state index < -0.39 is 5.41 Å². The Labute approximate surface area is 124 Å². The third kappa shape index (κ3) is 3.14. The normalized spacial score (nSPS) is 19.4. The number of halogens is 1. The van der Waals surface area contributed by atoms with Gasteiger partial charge in [0.2, 0.25) is 5.91 Å². The average Bonchev–Trinajstić information content (AvgIpc) is 2.47. The van der Waals surface area contributed by atoms with Crippen LogP contribution in [0.2, 0.25) is 5.02 Å². The molecule has 0 spiro atoms. The van der Waals surface area contributed by atoms with Gasteiger partial charge in [-0.25, -0.2) is 0 Å². The summed E-state index contributed by atoms with van der Waals surface area (Å²) in [7, 11) is 0. The van der Waals surface area contributed by atoms with Crippen LogP contribution in [0.3, 0.4) is 0 Å². The lowest BCUT2D eigenvalue weighted by molar-refractivity contribution is -0.131. The van der Waals surface area contributed by atoms with E-state index in [4.69, 9.17) is 22.1 Å². The van der Waals surface area contributed by atoms with E-state index in [0.717, 1.165) is 5.56 Å². The molecule has 0 unspecified atom stereocenters. The maximum Gasteiger partial charge on any atom is 0.231 e. The van der Waals surface area contributed by atoms with Gasteiger partial charge in [0.05, 0.1) is 5.41 Å². The van der Waals surface area contributed by atoms with Gasteiger partial charge in [-0.2, -0.15) is 0 Å². The summed E-state index contributed by atoms with van der Waals surface area (Å²) in [6.07, 6.45) is 1.33. The number of hydrogen-bond donors (Lipinski definition) is 2. The molecule has 1 fully saturated rings. The Morgan fingerprint density at radius 1 is 1.50 bits per heavy atom. The molecule has 3 N–H and O–H groups in total. The number of carbonyl (C=O) groups is 1. The van der Waals surface area contributed by atoms with Crippen molar-refractivity contribution in [1.29, 1.82) is 0 Å². The second-order valence-electron chi connectivity index (χ2n) is 5.32. The monoisotopic (exact) mass is 296 g/mol. The van der Waals surface area contributed by atoms with Crippen molar-refractivity contribution in [3.05, 3.63) is 34.9 Å². The topological polar surface area (TPSA) is 64.3 Å². The highest BCUT2D eigenvalue weighted by molar-refractivity contribution is 6.30. The molecule has 1 amide bonds. The molecular formula is C15H21ClN2O2. The summed E-state index contributed by atoms with van der Waals surface area (Å²) in [6.45, 7) is 3.49. The molecule has 4 nitrogen and oxygen atoms in total. The first-order chi connectivity index (χ1) is 9.58. The van der Waals surface area contributed by atoms with Gasteiger partial charge in [-0.15, -0.1) is 0 Å².